The first kappa shape index (κ1) is 14.9. The number of nitrogens with zero attached hydrogens (tertiary/aromatic N) is 1. The lowest BCUT2D eigenvalue weighted by Crippen LogP contribution is -2.36. The van der Waals surface area contributed by atoms with Crippen molar-refractivity contribution in [3.8, 4) is 0 Å². The summed E-state index contributed by atoms with van der Waals surface area (Å²) >= 11 is 3.39. The molecule has 0 saturated heterocycles. The normalized spacial score (nSPS) is 12.7. The van der Waals surface area contributed by atoms with Crippen LogP contribution in [0.2, 0.25) is 0 Å². The van der Waals surface area contributed by atoms with Crippen LogP contribution in [-0.2, 0) is 4.79 Å². The Balaban J connectivity index is 2.23. The summed E-state index contributed by atoms with van der Waals surface area (Å²) in [5, 5.41) is 3.83. The molecule has 1 atom stereocenters. The Hall–Kier alpha value is -1.46. The van der Waals surface area contributed by atoms with Gasteiger partial charge in [0.2, 0.25) is 5.91 Å². The lowest BCUT2D eigenvalue weighted by Gasteiger charge is -2.15. The molecule has 1 aromatic heterocycles. The van der Waals surface area contributed by atoms with Crippen molar-refractivity contribution >= 4 is 38.4 Å². The maximum atomic E-state index is 12.1. The van der Waals surface area contributed by atoms with Gasteiger partial charge in [0.1, 0.15) is 0 Å². The summed E-state index contributed by atoms with van der Waals surface area (Å²) in [4.78, 5) is 16.4. The number of nitrogens with two attached hydrogens (primary N) is 1. The molecule has 0 radical (unpaired) electrons. The summed E-state index contributed by atoms with van der Waals surface area (Å²) in [5.74, 6) is 0.216. The summed E-state index contributed by atoms with van der Waals surface area (Å²) in [5.41, 5.74) is 7.35. The molecular formula is C15H18BrN3O. The van der Waals surface area contributed by atoms with E-state index in [2.05, 4.69) is 26.2 Å². The number of fused-ring (bicyclic) bond motifs is 1. The fraction of sp³-hybridized carbons (Fsp3) is 0.333. The van der Waals surface area contributed by atoms with E-state index in [4.69, 9.17) is 5.73 Å². The Morgan fingerprint density at radius 1 is 1.45 bits per heavy atom. The largest absolute Gasteiger partial charge is 0.323 e. The fourth-order valence-corrected chi connectivity index (χ4v) is 2.42. The predicted octanol–water partition coefficient (Wildman–Crippen LogP) is 3.31. The molecule has 4 nitrogen and oxygen atoms in total. The maximum Gasteiger partial charge on any atom is 0.241 e. The summed E-state index contributed by atoms with van der Waals surface area (Å²) in [6, 6.07) is 7.15. The molecule has 0 aliphatic rings. The minimum Gasteiger partial charge on any atom is -0.323 e. The molecule has 0 aliphatic heterocycles. The van der Waals surface area contributed by atoms with Crippen LogP contribution in [0.1, 0.15) is 20.3 Å². The van der Waals surface area contributed by atoms with Gasteiger partial charge in [0.25, 0.3) is 0 Å². The van der Waals surface area contributed by atoms with Gasteiger partial charge in [0.05, 0.1) is 17.2 Å². The summed E-state index contributed by atoms with van der Waals surface area (Å²) in [6.07, 6.45) is 2.38. The number of anilines is 1. The quantitative estimate of drug-likeness (QED) is 0.900. The Morgan fingerprint density at radius 2 is 2.20 bits per heavy atom. The van der Waals surface area contributed by atoms with E-state index in [9.17, 15) is 4.79 Å². The Kier molecular flexibility index (Phi) is 4.73. The maximum absolute atomic E-state index is 12.1. The molecular weight excluding hydrogens is 318 g/mol. The van der Waals surface area contributed by atoms with E-state index in [1.807, 2.05) is 38.1 Å². The van der Waals surface area contributed by atoms with Gasteiger partial charge < -0.3 is 11.1 Å². The zero-order chi connectivity index (χ0) is 14.7. The second kappa shape index (κ2) is 6.33. The molecule has 2 aromatic rings. The van der Waals surface area contributed by atoms with Crippen molar-refractivity contribution < 1.29 is 4.79 Å². The van der Waals surface area contributed by atoms with E-state index in [1.165, 1.54) is 0 Å². The van der Waals surface area contributed by atoms with Gasteiger partial charge in [-0.3, -0.25) is 9.78 Å². The van der Waals surface area contributed by atoms with Crippen LogP contribution in [0.25, 0.3) is 10.9 Å². The number of benzene rings is 1. The third-order valence-electron chi connectivity index (χ3n) is 3.00. The van der Waals surface area contributed by atoms with Crippen molar-refractivity contribution in [1.29, 1.82) is 0 Å². The minimum atomic E-state index is -0.499. The van der Waals surface area contributed by atoms with Crippen LogP contribution in [0.4, 0.5) is 5.69 Å². The monoisotopic (exact) mass is 335 g/mol. The van der Waals surface area contributed by atoms with Gasteiger partial charge in [-0.15, -0.1) is 0 Å². The average molecular weight is 336 g/mol. The number of pyridine rings is 1. The van der Waals surface area contributed by atoms with E-state index in [-0.39, 0.29) is 5.91 Å². The highest BCUT2D eigenvalue weighted by atomic mass is 79.9. The summed E-state index contributed by atoms with van der Waals surface area (Å²) in [6.45, 7) is 4.09. The number of halogens is 1. The Bertz CT molecular complexity index is 628. The van der Waals surface area contributed by atoms with Crippen molar-refractivity contribution in [2.75, 3.05) is 5.32 Å². The first-order chi connectivity index (χ1) is 9.47. The molecule has 0 bridgehead atoms. The number of para-hydroxylation sites is 1. The van der Waals surface area contributed by atoms with E-state index in [0.717, 1.165) is 15.4 Å². The molecule has 20 heavy (non-hydrogen) atoms. The average Bonchev–Trinajstić information content (AvgIpc) is 2.37. The molecule has 5 heteroatoms. The Labute approximate surface area is 126 Å². The first-order valence-electron chi connectivity index (χ1n) is 6.58. The third kappa shape index (κ3) is 3.55. The summed E-state index contributed by atoms with van der Waals surface area (Å²) in [7, 11) is 0. The van der Waals surface area contributed by atoms with Crippen LogP contribution in [-0.4, -0.2) is 16.9 Å². The first-order valence-corrected chi connectivity index (χ1v) is 7.37. The molecule has 0 saturated carbocycles. The van der Waals surface area contributed by atoms with Gasteiger partial charge in [0.15, 0.2) is 0 Å². The van der Waals surface area contributed by atoms with Gasteiger partial charge >= 0.3 is 0 Å². The smallest absolute Gasteiger partial charge is 0.241 e. The Morgan fingerprint density at radius 3 is 2.90 bits per heavy atom. The highest BCUT2D eigenvalue weighted by molar-refractivity contribution is 9.10. The molecule has 0 spiro atoms. The fourth-order valence-electron chi connectivity index (χ4n) is 2.08. The van der Waals surface area contributed by atoms with Crippen molar-refractivity contribution in [2.45, 2.75) is 26.3 Å². The molecule has 1 aromatic carbocycles. The third-order valence-corrected chi connectivity index (χ3v) is 3.43. The highest BCUT2D eigenvalue weighted by Gasteiger charge is 2.16. The number of rotatable bonds is 4. The number of hydrogen-bond acceptors (Lipinski definition) is 3. The zero-order valence-corrected chi connectivity index (χ0v) is 13.1. The van der Waals surface area contributed by atoms with Crippen LogP contribution in [0.3, 0.4) is 0 Å². The number of nitrogens with one attached hydrogen (secondary N) is 1. The van der Waals surface area contributed by atoms with Crippen molar-refractivity contribution in [3.05, 3.63) is 34.9 Å². The van der Waals surface area contributed by atoms with Gasteiger partial charge in [-0.2, -0.15) is 0 Å². The molecule has 0 aliphatic carbocycles. The van der Waals surface area contributed by atoms with Crippen LogP contribution in [0, 0.1) is 5.92 Å². The molecule has 1 amide bonds. The topological polar surface area (TPSA) is 68.0 Å². The van der Waals surface area contributed by atoms with Crippen molar-refractivity contribution in [3.63, 3.8) is 0 Å². The van der Waals surface area contributed by atoms with Crippen LogP contribution < -0.4 is 11.1 Å². The van der Waals surface area contributed by atoms with E-state index in [0.29, 0.717) is 18.0 Å². The standard InChI is InChI=1S/C15H18BrN3O/c1-9(2)6-12(17)15(20)19-13-5-3-4-10-7-11(16)8-18-14(10)13/h3-5,7-9,12H,6,17H2,1-2H3,(H,19,20). The lowest BCUT2D eigenvalue weighted by atomic mass is 10.0. The number of carbonyl (C=O) groups excluding carboxylic acids is 1. The number of amides is 1. The van der Waals surface area contributed by atoms with E-state index >= 15 is 0 Å². The van der Waals surface area contributed by atoms with E-state index < -0.39 is 6.04 Å². The minimum absolute atomic E-state index is 0.170. The molecule has 1 unspecified atom stereocenters. The van der Waals surface area contributed by atoms with Gasteiger partial charge in [-0.1, -0.05) is 26.0 Å². The van der Waals surface area contributed by atoms with Gasteiger partial charge in [-0.05, 0) is 40.4 Å². The SMILES string of the molecule is CC(C)CC(N)C(=O)Nc1cccc2cc(Br)cnc12. The van der Waals surface area contributed by atoms with Crippen molar-refractivity contribution in [1.82, 2.24) is 4.98 Å². The van der Waals surface area contributed by atoms with Gasteiger partial charge in [0, 0.05) is 16.1 Å². The van der Waals surface area contributed by atoms with Crippen LogP contribution in [0.15, 0.2) is 34.9 Å². The van der Waals surface area contributed by atoms with Crippen molar-refractivity contribution in [2.24, 2.45) is 11.7 Å². The lowest BCUT2D eigenvalue weighted by molar-refractivity contribution is -0.117. The van der Waals surface area contributed by atoms with Crippen LogP contribution >= 0.6 is 15.9 Å². The molecule has 3 N–H and O–H groups in total. The number of carbonyl (C=O) groups is 1. The second-order valence-electron chi connectivity index (χ2n) is 5.26. The molecule has 106 valence electrons. The van der Waals surface area contributed by atoms with Gasteiger partial charge in [-0.25, -0.2) is 0 Å². The predicted molar refractivity (Wildman–Crippen MR) is 85.5 cm³/mol. The zero-order valence-electron chi connectivity index (χ0n) is 11.6. The highest BCUT2D eigenvalue weighted by Crippen LogP contribution is 2.24. The van der Waals surface area contributed by atoms with Crippen LogP contribution in [0.5, 0.6) is 0 Å². The molecule has 0 fully saturated rings. The number of hydrogen-bond donors (Lipinski definition) is 2. The second-order valence-corrected chi connectivity index (χ2v) is 6.17. The molecule has 2 rings (SSSR count). The van der Waals surface area contributed by atoms with E-state index in [1.54, 1.807) is 6.20 Å². The summed E-state index contributed by atoms with van der Waals surface area (Å²) < 4.78 is 0.907. The molecule has 1 heterocycles. The number of aromatic nitrogens is 1.